The van der Waals surface area contributed by atoms with Gasteiger partial charge < -0.3 is 10.2 Å². The number of fused-ring (bicyclic) bond motifs is 5. The molecule has 3 saturated carbocycles. The summed E-state index contributed by atoms with van der Waals surface area (Å²) < 4.78 is 0. The van der Waals surface area contributed by atoms with Crippen molar-refractivity contribution in [1.29, 1.82) is 0 Å². The third-order valence-electron chi connectivity index (χ3n) is 11.3. The number of unbranched alkanes of at least 4 members (excludes halogenated alkanes) is 2. The Morgan fingerprint density at radius 1 is 0.941 bits per heavy atom. The molecule has 4 aliphatic carbocycles. The molecule has 2 nitrogen and oxygen atoms in total. The fourth-order valence-electron chi connectivity index (χ4n) is 9.19. The Labute approximate surface area is 210 Å². The minimum atomic E-state index is -0.426. The van der Waals surface area contributed by atoms with E-state index in [2.05, 4.69) is 53.7 Å². The van der Waals surface area contributed by atoms with Gasteiger partial charge in [-0.15, -0.1) is 0 Å². The quantitative estimate of drug-likeness (QED) is 0.334. The summed E-state index contributed by atoms with van der Waals surface area (Å²) in [4.78, 5) is 0. The Balaban J connectivity index is 1.54. The van der Waals surface area contributed by atoms with Crippen LogP contribution >= 0.6 is 0 Å². The maximum absolute atomic E-state index is 11.8. The van der Waals surface area contributed by atoms with E-state index in [1.165, 1.54) is 63.4 Å². The molecule has 4 aliphatic rings. The van der Waals surface area contributed by atoms with Crippen molar-refractivity contribution < 1.29 is 10.2 Å². The van der Waals surface area contributed by atoms with Crippen molar-refractivity contribution in [2.24, 2.45) is 46.3 Å². The highest BCUT2D eigenvalue weighted by atomic mass is 16.3. The number of rotatable bonds is 9. The van der Waals surface area contributed by atoms with E-state index in [4.69, 9.17) is 0 Å². The summed E-state index contributed by atoms with van der Waals surface area (Å²) in [6.07, 6.45) is 18.5. The predicted octanol–water partition coefficient (Wildman–Crippen LogP) is 8.09. The van der Waals surface area contributed by atoms with E-state index in [1.54, 1.807) is 5.57 Å². The first-order valence-electron chi connectivity index (χ1n) is 14.9. The van der Waals surface area contributed by atoms with Crippen LogP contribution in [-0.4, -0.2) is 22.4 Å². The monoisotopic (exact) mass is 470 g/mol. The number of aliphatic hydroxyl groups is 2. The summed E-state index contributed by atoms with van der Waals surface area (Å²) in [5, 5.41) is 22.7. The van der Waals surface area contributed by atoms with Gasteiger partial charge in [-0.25, -0.2) is 0 Å². The van der Waals surface area contributed by atoms with Gasteiger partial charge in [-0.1, -0.05) is 103 Å². The lowest BCUT2D eigenvalue weighted by Gasteiger charge is -2.58. The van der Waals surface area contributed by atoms with Crippen LogP contribution in [0.4, 0.5) is 0 Å². The Bertz CT molecular complexity index is 765. The second-order valence-corrected chi connectivity index (χ2v) is 13.7. The molecule has 0 aliphatic heterocycles. The molecule has 9 atom stereocenters. The normalized spacial score (nSPS) is 42.5. The van der Waals surface area contributed by atoms with E-state index in [0.29, 0.717) is 17.3 Å². The maximum atomic E-state index is 11.8. The van der Waals surface area contributed by atoms with E-state index in [-0.39, 0.29) is 11.3 Å². The highest BCUT2D eigenvalue weighted by Crippen LogP contribution is 2.66. The summed E-state index contributed by atoms with van der Waals surface area (Å²) in [5.41, 5.74) is 3.19. The number of hydrogen-bond acceptors (Lipinski definition) is 2. The Morgan fingerprint density at radius 3 is 2.41 bits per heavy atom. The van der Waals surface area contributed by atoms with Gasteiger partial charge in [0.05, 0.1) is 12.2 Å². The molecular weight excluding hydrogens is 416 g/mol. The zero-order chi connectivity index (χ0) is 24.7. The number of allylic oxidation sites excluding steroid dienone is 3. The summed E-state index contributed by atoms with van der Waals surface area (Å²) >= 11 is 0. The molecule has 0 amide bonds. The summed E-state index contributed by atoms with van der Waals surface area (Å²) in [5.74, 6) is 3.63. The van der Waals surface area contributed by atoms with E-state index in [9.17, 15) is 10.2 Å². The summed E-state index contributed by atoms with van der Waals surface area (Å²) in [6, 6.07) is 0. The van der Waals surface area contributed by atoms with Crippen molar-refractivity contribution in [3.05, 3.63) is 23.3 Å². The van der Waals surface area contributed by atoms with Gasteiger partial charge in [0.1, 0.15) is 0 Å². The topological polar surface area (TPSA) is 40.5 Å². The van der Waals surface area contributed by atoms with E-state index in [0.717, 1.165) is 37.0 Å². The van der Waals surface area contributed by atoms with Crippen LogP contribution in [0.3, 0.4) is 0 Å². The fourth-order valence-corrected chi connectivity index (χ4v) is 9.19. The van der Waals surface area contributed by atoms with Gasteiger partial charge in [0.15, 0.2) is 0 Å². The van der Waals surface area contributed by atoms with Gasteiger partial charge in [0.25, 0.3) is 0 Å². The molecule has 194 valence electrons. The average molecular weight is 471 g/mol. The van der Waals surface area contributed by atoms with Gasteiger partial charge in [-0.05, 0) is 73.5 Å². The molecule has 4 rings (SSSR count). The van der Waals surface area contributed by atoms with Crippen LogP contribution in [0.2, 0.25) is 0 Å². The zero-order valence-corrected chi connectivity index (χ0v) is 23.2. The largest absolute Gasteiger partial charge is 0.392 e. The highest BCUT2D eigenvalue weighted by Gasteiger charge is 2.60. The van der Waals surface area contributed by atoms with Crippen LogP contribution in [0.5, 0.6) is 0 Å². The van der Waals surface area contributed by atoms with E-state index >= 15 is 0 Å². The first kappa shape index (κ1) is 26.5. The summed E-state index contributed by atoms with van der Waals surface area (Å²) in [7, 11) is 0. The Hall–Kier alpha value is -0.600. The van der Waals surface area contributed by atoms with Crippen molar-refractivity contribution in [2.75, 3.05) is 0 Å². The van der Waals surface area contributed by atoms with Gasteiger partial charge in [0.2, 0.25) is 0 Å². The second kappa shape index (κ2) is 10.4. The van der Waals surface area contributed by atoms with Crippen LogP contribution in [-0.2, 0) is 0 Å². The second-order valence-electron chi connectivity index (χ2n) is 13.7. The van der Waals surface area contributed by atoms with Crippen LogP contribution in [0.1, 0.15) is 119 Å². The molecule has 2 heteroatoms. The molecule has 0 unspecified atom stereocenters. The maximum Gasteiger partial charge on any atom is 0.0689 e. The van der Waals surface area contributed by atoms with Crippen LogP contribution in [0.15, 0.2) is 23.3 Å². The Morgan fingerprint density at radius 2 is 1.71 bits per heavy atom. The molecule has 0 bridgehead atoms. The molecule has 0 aromatic heterocycles. The minimum Gasteiger partial charge on any atom is -0.392 e. The SMILES string of the molecule is CCCCC[C@H]1[C@H](O)CC2=CC=C3[C@@H]4CC[C@H]([C@H](C)CCCC(C)C)[C@@]4(C)CC[C@@H]3[C@@]2(C)[C@H]1O. The smallest absolute Gasteiger partial charge is 0.0689 e. The van der Waals surface area contributed by atoms with Gasteiger partial charge in [-0.3, -0.25) is 0 Å². The van der Waals surface area contributed by atoms with Crippen molar-refractivity contribution in [2.45, 2.75) is 131 Å². The van der Waals surface area contributed by atoms with Gasteiger partial charge in [0, 0.05) is 11.3 Å². The molecule has 3 fully saturated rings. The van der Waals surface area contributed by atoms with Gasteiger partial charge in [-0.2, -0.15) is 0 Å². The van der Waals surface area contributed by atoms with Gasteiger partial charge >= 0.3 is 0 Å². The van der Waals surface area contributed by atoms with Crippen LogP contribution in [0.25, 0.3) is 0 Å². The lowest BCUT2D eigenvalue weighted by molar-refractivity contribution is -0.100. The van der Waals surface area contributed by atoms with Crippen molar-refractivity contribution in [1.82, 2.24) is 0 Å². The van der Waals surface area contributed by atoms with Crippen molar-refractivity contribution in [3.8, 4) is 0 Å². The third-order valence-corrected chi connectivity index (χ3v) is 11.3. The standard InChI is InChI=1S/C32H54O2/c1-7-8-9-13-25-29(33)20-23-14-15-24-27-17-16-26(22(4)12-10-11-21(2)3)31(27,5)19-18-28(24)32(23,6)30(25)34/h14-15,21-22,25-30,33-34H,7-13,16-20H2,1-6H3/t22-,25+,26-,27+,28+,29-,30+,31-,32+/m1/s1. The average Bonchev–Trinajstić information content (AvgIpc) is 3.14. The third kappa shape index (κ3) is 4.49. The van der Waals surface area contributed by atoms with Crippen molar-refractivity contribution in [3.63, 3.8) is 0 Å². The molecule has 34 heavy (non-hydrogen) atoms. The highest BCUT2D eigenvalue weighted by molar-refractivity contribution is 5.40. The minimum absolute atomic E-state index is 0.0265. The van der Waals surface area contributed by atoms with Crippen LogP contribution < -0.4 is 0 Å². The lowest BCUT2D eigenvalue weighted by Crippen LogP contribution is -2.56. The fraction of sp³-hybridized carbons (Fsp3) is 0.875. The first-order chi connectivity index (χ1) is 16.1. The predicted molar refractivity (Wildman–Crippen MR) is 143 cm³/mol. The molecule has 0 aromatic carbocycles. The van der Waals surface area contributed by atoms with E-state index in [1.807, 2.05) is 0 Å². The Kier molecular flexibility index (Phi) is 8.10. The first-order valence-corrected chi connectivity index (χ1v) is 14.9. The molecular formula is C32H54O2. The lowest BCUT2D eigenvalue weighted by atomic mass is 9.48. The van der Waals surface area contributed by atoms with Crippen LogP contribution in [0, 0.1) is 46.3 Å². The molecule has 0 spiro atoms. The number of hydrogen-bond donors (Lipinski definition) is 2. The van der Waals surface area contributed by atoms with E-state index < -0.39 is 12.2 Å². The molecule has 0 heterocycles. The summed E-state index contributed by atoms with van der Waals surface area (Å²) in [6.45, 7) is 14.4. The molecule has 0 aromatic rings. The molecule has 2 N–H and O–H groups in total. The number of aliphatic hydroxyl groups excluding tert-OH is 2. The van der Waals surface area contributed by atoms with Crippen molar-refractivity contribution >= 4 is 0 Å². The zero-order valence-electron chi connectivity index (χ0n) is 23.2. The molecule has 0 radical (unpaired) electrons. The molecule has 0 saturated heterocycles.